The molecule has 1 aromatic rings. The number of benzene rings is 1. The number of urea groups is 1. The molecule has 1 N–H and O–H groups in total. The van der Waals surface area contributed by atoms with E-state index in [1.165, 1.54) is 17.0 Å². The lowest BCUT2D eigenvalue weighted by atomic mass is 9.82. The summed E-state index contributed by atoms with van der Waals surface area (Å²) >= 11 is 0. The highest BCUT2D eigenvalue weighted by atomic mass is 16.6. The standard InChI is InChI=1S/C15H17N3O4/c19-13-15(7-2-1-3-8-15)16-14(20)17(13)10-11-5-4-6-12(9-11)18(21)22/h4-6,9H,1-3,7-8,10H2,(H,16,20). The molecule has 3 amide bonds. The Labute approximate surface area is 127 Å². The van der Waals surface area contributed by atoms with E-state index >= 15 is 0 Å². The predicted molar refractivity (Wildman–Crippen MR) is 78.0 cm³/mol. The van der Waals surface area contributed by atoms with Gasteiger partial charge in [0.25, 0.3) is 11.6 Å². The van der Waals surface area contributed by atoms with Crippen molar-refractivity contribution >= 4 is 17.6 Å². The summed E-state index contributed by atoms with van der Waals surface area (Å²) in [5.74, 6) is -0.205. The minimum atomic E-state index is -0.754. The van der Waals surface area contributed by atoms with Crippen molar-refractivity contribution in [1.29, 1.82) is 0 Å². The molecule has 0 unspecified atom stereocenters. The Morgan fingerprint density at radius 2 is 1.95 bits per heavy atom. The Morgan fingerprint density at radius 3 is 2.64 bits per heavy atom. The number of carbonyl (C=O) groups is 2. The SMILES string of the molecule is O=C1NC2(CCCCC2)C(=O)N1Cc1cccc([N+](=O)[O-])c1. The van der Waals surface area contributed by atoms with Crippen molar-refractivity contribution in [2.24, 2.45) is 0 Å². The molecule has 0 atom stereocenters. The molecule has 22 heavy (non-hydrogen) atoms. The van der Waals surface area contributed by atoms with Gasteiger partial charge in [0.15, 0.2) is 0 Å². The minimum Gasteiger partial charge on any atom is -0.323 e. The van der Waals surface area contributed by atoms with Gasteiger partial charge in [0.1, 0.15) is 5.54 Å². The van der Waals surface area contributed by atoms with Crippen molar-refractivity contribution < 1.29 is 14.5 Å². The molecule has 1 aliphatic carbocycles. The zero-order chi connectivity index (χ0) is 15.7. The van der Waals surface area contributed by atoms with Crippen LogP contribution in [-0.2, 0) is 11.3 Å². The normalized spacial score (nSPS) is 20.3. The van der Waals surface area contributed by atoms with Gasteiger partial charge in [0.05, 0.1) is 11.5 Å². The van der Waals surface area contributed by atoms with Gasteiger partial charge in [-0.25, -0.2) is 4.79 Å². The van der Waals surface area contributed by atoms with Gasteiger partial charge in [-0.1, -0.05) is 31.4 Å². The van der Waals surface area contributed by atoms with Crippen molar-refractivity contribution in [3.05, 3.63) is 39.9 Å². The number of imide groups is 1. The fraction of sp³-hybridized carbons (Fsp3) is 0.467. The fourth-order valence-corrected chi connectivity index (χ4v) is 3.26. The maximum atomic E-state index is 12.6. The number of nitrogens with zero attached hydrogens (tertiary/aromatic N) is 2. The highest BCUT2D eigenvalue weighted by Gasteiger charge is 2.51. The van der Waals surface area contributed by atoms with Crippen molar-refractivity contribution in [2.75, 3.05) is 0 Å². The number of carbonyl (C=O) groups excluding carboxylic acids is 2. The third-order valence-corrected chi connectivity index (χ3v) is 4.42. The van der Waals surface area contributed by atoms with E-state index in [9.17, 15) is 19.7 Å². The van der Waals surface area contributed by atoms with E-state index in [0.717, 1.165) is 19.3 Å². The first kappa shape index (κ1) is 14.5. The molecular weight excluding hydrogens is 286 g/mol. The molecule has 116 valence electrons. The highest BCUT2D eigenvalue weighted by Crippen LogP contribution is 2.34. The number of rotatable bonds is 3. The number of nitro benzene ring substituents is 1. The summed E-state index contributed by atoms with van der Waals surface area (Å²) in [6, 6.07) is 5.62. The second-order valence-corrected chi connectivity index (χ2v) is 5.89. The van der Waals surface area contributed by atoms with Crippen molar-refractivity contribution in [3.8, 4) is 0 Å². The number of non-ortho nitro benzene ring substituents is 1. The van der Waals surface area contributed by atoms with Crippen LogP contribution in [0.5, 0.6) is 0 Å². The number of hydrogen-bond acceptors (Lipinski definition) is 4. The number of amides is 3. The van der Waals surface area contributed by atoms with Gasteiger partial charge in [-0.05, 0) is 18.4 Å². The van der Waals surface area contributed by atoms with E-state index in [1.54, 1.807) is 12.1 Å². The molecule has 1 aliphatic heterocycles. The summed E-state index contributed by atoms with van der Waals surface area (Å²) in [7, 11) is 0. The molecule has 7 nitrogen and oxygen atoms in total. The van der Waals surface area contributed by atoms with Crippen LogP contribution in [0.3, 0.4) is 0 Å². The summed E-state index contributed by atoms with van der Waals surface area (Å²) in [5.41, 5.74) is -0.224. The summed E-state index contributed by atoms with van der Waals surface area (Å²) in [6.07, 6.45) is 4.27. The van der Waals surface area contributed by atoms with Gasteiger partial charge in [-0.3, -0.25) is 19.8 Å². The van der Waals surface area contributed by atoms with Crippen LogP contribution >= 0.6 is 0 Å². The van der Waals surface area contributed by atoms with Crippen LogP contribution in [0.15, 0.2) is 24.3 Å². The largest absolute Gasteiger partial charge is 0.325 e. The van der Waals surface area contributed by atoms with Crippen LogP contribution in [0.1, 0.15) is 37.7 Å². The maximum Gasteiger partial charge on any atom is 0.325 e. The van der Waals surface area contributed by atoms with Gasteiger partial charge in [-0.2, -0.15) is 0 Å². The Bertz CT molecular complexity index is 637. The topological polar surface area (TPSA) is 92.6 Å². The summed E-state index contributed by atoms with van der Waals surface area (Å²) in [4.78, 5) is 36.3. The summed E-state index contributed by atoms with van der Waals surface area (Å²) in [6.45, 7) is 0.0636. The molecule has 1 heterocycles. The molecule has 0 bridgehead atoms. The molecule has 1 aromatic carbocycles. The van der Waals surface area contributed by atoms with Crippen LogP contribution in [0, 0.1) is 10.1 Å². The summed E-state index contributed by atoms with van der Waals surface area (Å²) in [5, 5.41) is 13.6. The van der Waals surface area contributed by atoms with E-state index in [-0.39, 0.29) is 18.1 Å². The second kappa shape index (κ2) is 5.40. The molecule has 2 aliphatic rings. The average molecular weight is 303 g/mol. The van der Waals surface area contributed by atoms with Crippen molar-refractivity contribution in [3.63, 3.8) is 0 Å². The van der Waals surface area contributed by atoms with Gasteiger partial charge < -0.3 is 5.32 Å². The monoisotopic (exact) mass is 303 g/mol. The molecule has 3 rings (SSSR count). The molecule has 0 aromatic heterocycles. The van der Waals surface area contributed by atoms with Crippen LogP contribution in [0.25, 0.3) is 0 Å². The number of nitro groups is 1. The Morgan fingerprint density at radius 1 is 1.23 bits per heavy atom. The fourth-order valence-electron chi connectivity index (χ4n) is 3.26. The first-order valence-corrected chi connectivity index (χ1v) is 7.39. The second-order valence-electron chi connectivity index (χ2n) is 5.89. The van der Waals surface area contributed by atoms with Crippen LogP contribution < -0.4 is 5.32 Å². The van der Waals surface area contributed by atoms with E-state index in [1.807, 2.05) is 0 Å². The van der Waals surface area contributed by atoms with Crippen molar-refractivity contribution in [1.82, 2.24) is 10.2 Å². The van der Waals surface area contributed by atoms with Crippen LogP contribution in [0.4, 0.5) is 10.5 Å². The van der Waals surface area contributed by atoms with Gasteiger partial charge >= 0.3 is 6.03 Å². The smallest absolute Gasteiger partial charge is 0.323 e. The van der Waals surface area contributed by atoms with Gasteiger partial charge in [0, 0.05) is 12.1 Å². The zero-order valence-corrected chi connectivity index (χ0v) is 12.1. The van der Waals surface area contributed by atoms with Crippen LogP contribution in [-0.4, -0.2) is 27.3 Å². The molecular formula is C15H17N3O4. The first-order chi connectivity index (χ1) is 10.5. The molecule has 1 saturated carbocycles. The van der Waals surface area contributed by atoms with E-state index in [4.69, 9.17) is 0 Å². The van der Waals surface area contributed by atoms with Gasteiger partial charge in [0.2, 0.25) is 0 Å². The van der Waals surface area contributed by atoms with E-state index < -0.39 is 16.5 Å². The molecule has 1 spiro atoms. The van der Waals surface area contributed by atoms with E-state index in [0.29, 0.717) is 18.4 Å². The Kier molecular flexibility index (Phi) is 3.56. The minimum absolute atomic E-state index is 0.0445. The molecule has 0 radical (unpaired) electrons. The molecule has 1 saturated heterocycles. The molecule has 7 heteroatoms. The lowest BCUT2D eigenvalue weighted by molar-refractivity contribution is -0.384. The Balaban J connectivity index is 1.80. The van der Waals surface area contributed by atoms with E-state index in [2.05, 4.69) is 5.32 Å². The van der Waals surface area contributed by atoms with Crippen molar-refractivity contribution in [2.45, 2.75) is 44.2 Å². The van der Waals surface area contributed by atoms with Crippen LogP contribution in [0.2, 0.25) is 0 Å². The summed E-state index contributed by atoms with van der Waals surface area (Å²) < 4.78 is 0. The Hall–Kier alpha value is -2.44. The average Bonchev–Trinajstić information content (AvgIpc) is 2.73. The predicted octanol–water partition coefficient (Wildman–Crippen LogP) is 2.35. The third kappa shape index (κ3) is 2.43. The maximum absolute atomic E-state index is 12.6. The third-order valence-electron chi connectivity index (χ3n) is 4.42. The highest BCUT2D eigenvalue weighted by molar-refractivity contribution is 6.07. The van der Waals surface area contributed by atoms with Gasteiger partial charge in [-0.15, -0.1) is 0 Å². The lowest BCUT2D eigenvalue weighted by Crippen LogP contribution is -2.48. The number of hydrogen-bond donors (Lipinski definition) is 1. The number of nitrogens with one attached hydrogen (secondary N) is 1. The quantitative estimate of drug-likeness (QED) is 0.527. The zero-order valence-electron chi connectivity index (χ0n) is 12.1. The molecule has 2 fully saturated rings. The first-order valence-electron chi connectivity index (χ1n) is 7.39. The lowest BCUT2D eigenvalue weighted by Gasteiger charge is -2.30.